The molecule has 1 aromatic heterocycles. The standard InChI is InChI=1S/C18H29N5O4S2/c1-20(2)17(24)14-21-4-3-5-22(7-6-21)18(25)16-12-15(13-19-16)29(26,27)23-8-10-28-11-9-23/h12-13,19H,3-11,14H2,1-2H3. The third kappa shape index (κ3) is 5.33. The Morgan fingerprint density at radius 2 is 1.83 bits per heavy atom. The molecule has 1 aromatic rings. The highest BCUT2D eigenvalue weighted by Gasteiger charge is 2.29. The molecule has 162 valence electrons. The number of likely N-dealkylation sites (N-methyl/N-ethyl adjacent to an activating group) is 1. The molecule has 0 radical (unpaired) electrons. The Kier molecular flexibility index (Phi) is 7.25. The Morgan fingerprint density at radius 1 is 1.10 bits per heavy atom. The van der Waals surface area contributed by atoms with Crippen LogP contribution in [0.1, 0.15) is 16.9 Å². The molecule has 2 aliphatic rings. The van der Waals surface area contributed by atoms with Crippen molar-refractivity contribution < 1.29 is 18.0 Å². The van der Waals surface area contributed by atoms with Crippen LogP contribution in [0.5, 0.6) is 0 Å². The minimum absolute atomic E-state index is 0.0418. The van der Waals surface area contributed by atoms with E-state index in [2.05, 4.69) is 9.88 Å². The van der Waals surface area contributed by atoms with Crippen molar-refractivity contribution in [3.63, 3.8) is 0 Å². The van der Waals surface area contributed by atoms with E-state index in [1.807, 2.05) is 0 Å². The number of hydrogen-bond acceptors (Lipinski definition) is 6. The summed E-state index contributed by atoms with van der Waals surface area (Å²) in [5.74, 6) is 1.41. The summed E-state index contributed by atoms with van der Waals surface area (Å²) in [6.45, 7) is 3.78. The second-order valence-corrected chi connectivity index (χ2v) is 10.6. The minimum Gasteiger partial charge on any atom is -0.356 e. The van der Waals surface area contributed by atoms with E-state index < -0.39 is 10.0 Å². The second-order valence-electron chi connectivity index (χ2n) is 7.48. The van der Waals surface area contributed by atoms with Gasteiger partial charge in [-0.1, -0.05) is 0 Å². The van der Waals surface area contributed by atoms with Gasteiger partial charge in [0.1, 0.15) is 10.6 Å². The molecule has 0 aromatic carbocycles. The van der Waals surface area contributed by atoms with E-state index in [-0.39, 0.29) is 22.4 Å². The molecule has 2 fully saturated rings. The van der Waals surface area contributed by atoms with Gasteiger partial charge < -0.3 is 14.8 Å². The van der Waals surface area contributed by atoms with E-state index in [1.54, 1.807) is 35.7 Å². The van der Waals surface area contributed by atoms with Crippen LogP contribution >= 0.6 is 11.8 Å². The Bertz CT molecular complexity index is 833. The molecular weight excluding hydrogens is 414 g/mol. The van der Waals surface area contributed by atoms with Crippen molar-refractivity contribution in [3.05, 3.63) is 18.0 Å². The lowest BCUT2D eigenvalue weighted by atomic mass is 10.3. The van der Waals surface area contributed by atoms with E-state index in [9.17, 15) is 18.0 Å². The summed E-state index contributed by atoms with van der Waals surface area (Å²) >= 11 is 1.74. The third-order valence-corrected chi connectivity index (χ3v) is 8.05. The van der Waals surface area contributed by atoms with Gasteiger partial charge in [-0.2, -0.15) is 16.1 Å². The Labute approximate surface area is 176 Å². The van der Waals surface area contributed by atoms with Crippen molar-refractivity contribution in [1.29, 1.82) is 0 Å². The summed E-state index contributed by atoms with van der Waals surface area (Å²) in [5, 5.41) is 0. The highest BCUT2D eigenvalue weighted by Crippen LogP contribution is 2.21. The van der Waals surface area contributed by atoms with Crippen molar-refractivity contribution in [3.8, 4) is 0 Å². The summed E-state index contributed by atoms with van der Waals surface area (Å²) in [6.07, 6.45) is 2.17. The molecule has 11 heteroatoms. The molecule has 3 rings (SSSR count). The van der Waals surface area contributed by atoms with Crippen LogP contribution in [0.4, 0.5) is 0 Å². The maximum absolute atomic E-state index is 12.9. The van der Waals surface area contributed by atoms with E-state index in [0.29, 0.717) is 39.3 Å². The zero-order valence-corrected chi connectivity index (χ0v) is 18.6. The summed E-state index contributed by atoms with van der Waals surface area (Å²) in [5.41, 5.74) is 0.285. The van der Waals surface area contributed by atoms with Crippen LogP contribution in [0.2, 0.25) is 0 Å². The molecule has 1 N–H and O–H groups in total. The number of aromatic nitrogens is 1. The fraction of sp³-hybridized carbons (Fsp3) is 0.667. The number of sulfonamides is 1. The van der Waals surface area contributed by atoms with Crippen molar-refractivity contribution in [2.75, 3.05) is 71.4 Å². The summed E-state index contributed by atoms with van der Waals surface area (Å²) in [6, 6.07) is 1.44. The molecule has 0 aliphatic carbocycles. The first-order valence-electron chi connectivity index (χ1n) is 9.77. The maximum Gasteiger partial charge on any atom is 0.270 e. The Morgan fingerprint density at radius 3 is 2.52 bits per heavy atom. The van der Waals surface area contributed by atoms with Gasteiger partial charge in [0, 0.05) is 71.1 Å². The zero-order chi connectivity index (χ0) is 21.0. The lowest BCUT2D eigenvalue weighted by Gasteiger charge is -2.25. The highest BCUT2D eigenvalue weighted by molar-refractivity contribution is 7.99. The number of hydrogen-bond donors (Lipinski definition) is 1. The Balaban J connectivity index is 1.63. The van der Waals surface area contributed by atoms with Gasteiger partial charge >= 0.3 is 0 Å². The van der Waals surface area contributed by atoms with Crippen molar-refractivity contribution >= 4 is 33.6 Å². The van der Waals surface area contributed by atoms with Crippen LogP contribution in [-0.2, 0) is 14.8 Å². The van der Waals surface area contributed by atoms with E-state index in [4.69, 9.17) is 0 Å². The monoisotopic (exact) mass is 443 g/mol. The molecule has 9 nitrogen and oxygen atoms in total. The van der Waals surface area contributed by atoms with Crippen molar-refractivity contribution in [2.24, 2.45) is 0 Å². The number of thioether (sulfide) groups is 1. The lowest BCUT2D eigenvalue weighted by Crippen LogP contribution is -2.39. The molecule has 3 heterocycles. The normalized spacial score (nSPS) is 19.7. The molecule has 0 spiro atoms. The van der Waals surface area contributed by atoms with Crippen LogP contribution in [0.15, 0.2) is 17.2 Å². The quantitative estimate of drug-likeness (QED) is 0.688. The van der Waals surface area contributed by atoms with Gasteiger partial charge in [0.25, 0.3) is 5.91 Å². The molecule has 0 atom stereocenters. The topological polar surface area (TPSA) is 97.0 Å². The van der Waals surface area contributed by atoms with Gasteiger partial charge in [0.2, 0.25) is 15.9 Å². The van der Waals surface area contributed by atoms with Crippen molar-refractivity contribution in [1.82, 2.24) is 24.0 Å². The predicted octanol–water partition coefficient (Wildman–Crippen LogP) is -0.0117. The molecule has 0 bridgehead atoms. The minimum atomic E-state index is -3.58. The molecule has 0 saturated carbocycles. The largest absolute Gasteiger partial charge is 0.356 e. The predicted molar refractivity (Wildman–Crippen MR) is 113 cm³/mol. The molecule has 29 heavy (non-hydrogen) atoms. The average molecular weight is 444 g/mol. The van der Waals surface area contributed by atoms with E-state index in [0.717, 1.165) is 24.5 Å². The number of nitrogens with one attached hydrogen (secondary N) is 1. The number of carbonyl (C=O) groups is 2. The zero-order valence-electron chi connectivity index (χ0n) is 17.0. The fourth-order valence-electron chi connectivity index (χ4n) is 3.42. The smallest absolute Gasteiger partial charge is 0.270 e. The van der Waals surface area contributed by atoms with Gasteiger partial charge in [0.15, 0.2) is 0 Å². The first-order chi connectivity index (χ1) is 13.8. The average Bonchev–Trinajstić information content (AvgIpc) is 3.10. The lowest BCUT2D eigenvalue weighted by molar-refractivity contribution is -0.129. The summed E-state index contributed by atoms with van der Waals surface area (Å²) in [4.78, 5) is 33.1. The molecular formula is C18H29N5O4S2. The first-order valence-corrected chi connectivity index (χ1v) is 12.4. The number of rotatable bonds is 5. The van der Waals surface area contributed by atoms with E-state index >= 15 is 0 Å². The van der Waals surface area contributed by atoms with Crippen LogP contribution < -0.4 is 0 Å². The molecule has 2 aliphatic heterocycles. The number of amides is 2. The van der Waals surface area contributed by atoms with Gasteiger partial charge in [-0.3, -0.25) is 14.5 Å². The molecule has 2 saturated heterocycles. The maximum atomic E-state index is 12.9. The summed E-state index contributed by atoms with van der Waals surface area (Å²) in [7, 11) is -0.112. The van der Waals surface area contributed by atoms with Crippen molar-refractivity contribution in [2.45, 2.75) is 11.3 Å². The van der Waals surface area contributed by atoms with Gasteiger partial charge in [0.05, 0.1) is 6.54 Å². The molecule has 0 unspecified atom stereocenters. The number of H-pyrrole nitrogens is 1. The second kappa shape index (κ2) is 9.50. The van der Waals surface area contributed by atoms with Crippen LogP contribution in [0.3, 0.4) is 0 Å². The van der Waals surface area contributed by atoms with E-state index in [1.165, 1.54) is 16.6 Å². The van der Waals surface area contributed by atoms with Gasteiger partial charge in [-0.25, -0.2) is 8.42 Å². The number of carbonyl (C=O) groups excluding carboxylic acids is 2. The third-order valence-electron chi connectivity index (χ3n) is 5.23. The first kappa shape index (κ1) is 22.1. The Hall–Kier alpha value is -1.56. The SMILES string of the molecule is CN(C)C(=O)CN1CCCN(C(=O)c2cc(S(=O)(=O)N3CCSCC3)c[nH]2)CC1. The fourth-order valence-corrected chi connectivity index (χ4v) is 5.99. The van der Waals surface area contributed by atoms with Crippen LogP contribution in [0.25, 0.3) is 0 Å². The highest BCUT2D eigenvalue weighted by atomic mass is 32.2. The van der Waals surface area contributed by atoms with Crippen LogP contribution in [-0.4, -0.2) is 116 Å². The van der Waals surface area contributed by atoms with Crippen LogP contribution in [0, 0.1) is 0 Å². The van der Waals surface area contributed by atoms with Gasteiger partial charge in [-0.05, 0) is 12.5 Å². The number of aromatic amines is 1. The number of nitrogens with zero attached hydrogens (tertiary/aromatic N) is 4. The molecule has 2 amide bonds. The summed E-state index contributed by atoms with van der Waals surface area (Å²) < 4.78 is 27.0. The van der Waals surface area contributed by atoms with Gasteiger partial charge in [-0.15, -0.1) is 0 Å².